The SMILES string of the molecule is Nc1cc(C(F)(F)F)cnc1-c1ccc(Cl)c([N+](=O)[O-])c1. The van der Waals surface area contributed by atoms with E-state index in [0.29, 0.717) is 6.20 Å². The average Bonchev–Trinajstić information content (AvgIpc) is 2.38. The molecule has 2 N–H and O–H groups in total. The van der Waals surface area contributed by atoms with Gasteiger partial charge in [-0.15, -0.1) is 0 Å². The van der Waals surface area contributed by atoms with Crippen LogP contribution >= 0.6 is 11.6 Å². The molecular weight excluding hydrogens is 311 g/mol. The Morgan fingerprint density at radius 2 is 1.95 bits per heavy atom. The molecule has 0 bridgehead atoms. The molecule has 9 heteroatoms. The molecule has 0 aliphatic carbocycles. The number of aromatic nitrogens is 1. The number of hydrogen-bond acceptors (Lipinski definition) is 4. The molecule has 2 rings (SSSR count). The lowest BCUT2D eigenvalue weighted by Gasteiger charge is -2.10. The summed E-state index contributed by atoms with van der Waals surface area (Å²) < 4.78 is 37.6. The number of hydrogen-bond donors (Lipinski definition) is 1. The van der Waals surface area contributed by atoms with Crippen molar-refractivity contribution in [2.24, 2.45) is 0 Å². The fourth-order valence-electron chi connectivity index (χ4n) is 1.68. The van der Waals surface area contributed by atoms with Crippen molar-refractivity contribution >= 4 is 23.0 Å². The summed E-state index contributed by atoms with van der Waals surface area (Å²) in [5.74, 6) is 0. The van der Waals surface area contributed by atoms with Gasteiger partial charge in [0.25, 0.3) is 5.69 Å². The molecule has 0 spiro atoms. The predicted molar refractivity (Wildman–Crippen MR) is 70.8 cm³/mol. The lowest BCUT2D eigenvalue weighted by Crippen LogP contribution is -2.07. The fraction of sp³-hybridized carbons (Fsp3) is 0.0833. The number of nitrogen functional groups attached to an aromatic ring is 1. The quantitative estimate of drug-likeness (QED) is 0.672. The molecule has 5 nitrogen and oxygen atoms in total. The van der Waals surface area contributed by atoms with Crippen molar-refractivity contribution < 1.29 is 18.1 Å². The molecule has 0 fully saturated rings. The number of benzene rings is 1. The van der Waals surface area contributed by atoms with Crippen LogP contribution in [0.5, 0.6) is 0 Å². The first-order valence-electron chi connectivity index (χ1n) is 5.47. The minimum atomic E-state index is -4.56. The summed E-state index contributed by atoms with van der Waals surface area (Å²) in [7, 11) is 0. The van der Waals surface area contributed by atoms with E-state index in [1.807, 2.05) is 0 Å². The number of nitro groups is 1. The van der Waals surface area contributed by atoms with Crippen molar-refractivity contribution in [2.45, 2.75) is 6.18 Å². The van der Waals surface area contributed by atoms with Gasteiger partial charge in [0.15, 0.2) is 0 Å². The maximum Gasteiger partial charge on any atom is 0.417 e. The van der Waals surface area contributed by atoms with Gasteiger partial charge >= 0.3 is 6.18 Å². The topological polar surface area (TPSA) is 82.0 Å². The second-order valence-corrected chi connectivity index (χ2v) is 4.49. The lowest BCUT2D eigenvalue weighted by atomic mass is 10.1. The molecule has 0 atom stereocenters. The van der Waals surface area contributed by atoms with E-state index in [2.05, 4.69) is 4.98 Å². The Morgan fingerprint density at radius 3 is 2.48 bits per heavy atom. The molecule has 0 saturated heterocycles. The lowest BCUT2D eigenvalue weighted by molar-refractivity contribution is -0.384. The number of anilines is 1. The summed E-state index contributed by atoms with van der Waals surface area (Å²) in [4.78, 5) is 13.7. The summed E-state index contributed by atoms with van der Waals surface area (Å²) in [5.41, 5.74) is 4.16. The molecule has 0 aliphatic rings. The van der Waals surface area contributed by atoms with Crippen molar-refractivity contribution in [3.63, 3.8) is 0 Å². The van der Waals surface area contributed by atoms with Crippen molar-refractivity contribution in [1.82, 2.24) is 4.98 Å². The number of alkyl halides is 3. The first kappa shape index (κ1) is 15.0. The van der Waals surface area contributed by atoms with Crippen LogP contribution in [-0.2, 0) is 6.18 Å². The van der Waals surface area contributed by atoms with Gasteiger partial charge in [0, 0.05) is 17.8 Å². The van der Waals surface area contributed by atoms with E-state index in [0.717, 1.165) is 12.1 Å². The maximum absolute atomic E-state index is 12.5. The Hall–Kier alpha value is -2.35. The Kier molecular flexibility index (Phi) is 3.73. The standard InChI is InChI=1S/C12H7ClF3N3O2/c13-8-2-1-6(3-10(8)19(20)21)11-9(17)4-7(5-18-11)12(14,15)16/h1-5H,17H2. The van der Waals surface area contributed by atoms with Gasteiger partial charge in [-0.3, -0.25) is 15.1 Å². The van der Waals surface area contributed by atoms with Crippen LogP contribution in [0.2, 0.25) is 5.02 Å². The first-order chi connectivity index (χ1) is 9.70. The molecule has 1 aromatic carbocycles. The van der Waals surface area contributed by atoms with Gasteiger partial charge in [-0.1, -0.05) is 17.7 Å². The van der Waals surface area contributed by atoms with E-state index in [1.165, 1.54) is 12.1 Å². The molecular formula is C12H7ClF3N3O2. The normalized spacial score (nSPS) is 11.4. The van der Waals surface area contributed by atoms with Crippen LogP contribution < -0.4 is 5.73 Å². The Balaban J connectivity index is 2.53. The first-order valence-corrected chi connectivity index (χ1v) is 5.85. The molecule has 0 amide bonds. The van der Waals surface area contributed by atoms with E-state index in [1.54, 1.807) is 0 Å². The van der Waals surface area contributed by atoms with E-state index in [4.69, 9.17) is 17.3 Å². The average molecular weight is 318 g/mol. The molecule has 0 unspecified atom stereocenters. The van der Waals surface area contributed by atoms with Gasteiger partial charge in [-0.05, 0) is 12.1 Å². The largest absolute Gasteiger partial charge is 0.417 e. The third-order valence-corrected chi connectivity index (χ3v) is 2.98. The van der Waals surface area contributed by atoms with Crippen LogP contribution in [0.4, 0.5) is 24.5 Å². The monoisotopic (exact) mass is 317 g/mol. The summed E-state index contributed by atoms with van der Waals surface area (Å²) in [6, 6.07) is 4.48. The molecule has 2 aromatic rings. The third-order valence-electron chi connectivity index (χ3n) is 2.66. The smallest absolute Gasteiger partial charge is 0.397 e. The molecule has 0 aliphatic heterocycles. The molecule has 110 valence electrons. The third kappa shape index (κ3) is 3.05. The maximum atomic E-state index is 12.5. The van der Waals surface area contributed by atoms with Crippen molar-refractivity contribution in [2.75, 3.05) is 5.73 Å². The zero-order valence-electron chi connectivity index (χ0n) is 10.2. The zero-order chi connectivity index (χ0) is 15.8. The number of nitrogens with zero attached hydrogens (tertiary/aromatic N) is 2. The van der Waals surface area contributed by atoms with E-state index >= 15 is 0 Å². The summed E-state index contributed by atoms with van der Waals surface area (Å²) in [6.07, 6.45) is -3.95. The highest BCUT2D eigenvalue weighted by molar-refractivity contribution is 6.32. The van der Waals surface area contributed by atoms with Crippen LogP contribution in [0.3, 0.4) is 0 Å². The van der Waals surface area contributed by atoms with Gasteiger partial charge in [-0.2, -0.15) is 13.2 Å². The van der Waals surface area contributed by atoms with E-state index < -0.39 is 16.7 Å². The van der Waals surface area contributed by atoms with Crippen LogP contribution in [0.25, 0.3) is 11.3 Å². The van der Waals surface area contributed by atoms with E-state index in [-0.39, 0.29) is 27.7 Å². The second-order valence-electron chi connectivity index (χ2n) is 4.08. The van der Waals surface area contributed by atoms with Crippen molar-refractivity contribution in [1.29, 1.82) is 0 Å². The highest BCUT2D eigenvalue weighted by atomic mass is 35.5. The van der Waals surface area contributed by atoms with E-state index in [9.17, 15) is 23.3 Å². The number of rotatable bonds is 2. The predicted octanol–water partition coefficient (Wildman–Crippen LogP) is 3.91. The molecule has 21 heavy (non-hydrogen) atoms. The molecule has 1 heterocycles. The Morgan fingerprint density at radius 1 is 1.29 bits per heavy atom. The van der Waals surface area contributed by atoms with Crippen LogP contribution in [-0.4, -0.2) is 9.91 Å². The number of nitro benzene ring substituents is 1. The highest BCUT2D eigenvalue weighted by Crippen LogP contribution is 2.35. The van der Waals surface area contributed by atoms with Crippen LogP contribution in [0.1, 0.15) is 5.56 Å². The van der Waals surface area contributed by atoms with Gasteiger partial charge in [0.1, 0.15) is 5.02 Å². The molecule has 0 radical (unpaired) electrons. The fourth-order valence-corrected chi connectivity index (χ4v) is 1.86. The van der Waals surface area contributed by atoms with Gasteiger partial charge in [-0.25, -0.2) is 0 Å². The van der Waals surface area contributed by atoms with Crippen LogP contribution in [0, 0.1) is 10.1 Å². The van der Waals surface area contributed by atoms with Gasteiger partial charge in [0.2, 0.25) is 0 Å². The second kappa shape index (κ2) is 5.21. The minimum absolute atomic E-state index is 0.0165. The van der Waals surface area contributed by atoms with Crippen molar-refractivity contribution in [3.05, 3.63) is 51.2 Å². The highest BCUT2D eigenvalue weighted by Gasteiger charge is 2.31. The minimum Gasteiger partial charge on any atom is -0.397 e. The van der Waals surface area contributed by atoms with Crippen molar-refractivity contribution in [3.8, 4) is 11.3 Å². The number of nitrogens with two attached hydrogens (primary N) is 1. The summed E-state index contributed by atoms with van der Waals surface area (Å²) >= 11 is 5.66. The Bertz CT molecular complexity index is 719. The van der Waals surface area contributed by atoms with Gasteiger partial charge in [0.05, 0.1) is 21.9 Å². The zero-order valence-corrected chi connectivity index (χ0v) is 10.9. The summed E-state index contributed by atoms with van der Waals surface area (Å²) in [6.45, 7) is 0. The number of pyridine rings is 1. The number of halogens is 4. The van der Waals surface area contributed by atoms with Crippen LogP contribution in [0.15, 0.2) is 30.5 Å². The Labute approximate surface area is 121 Å². The summed E-state index contributed by atoms with van der Waals surface area (Å²) in [5, 5.41) is 10.7. The molecule has 0 saturated carbocycles. The van der Waals surface area contributed by atoms with Gasteiger partial charge < -0.3 is 5.73 Å². The molecule has 1 aromatic heterocycles.